The van der Waals surface area contributed by atoms with Crippen molar-refractivity contribution in [1.29, 1.82) is 0 Å². The van der Waals surface area contributed by atoms with E-state index in [0.717, 1.165) is 10.9 Å². The molecule has 0 aliphatic carbocycles. The van der Waals surface area contributed by atoms with Crippen molar-refractivity contribution in [1.82, 2.24) is 14.8 Å². The molecular formula is C20H27N3O5. The van der Waals surface area contributed by atoms with Crippen LogP contribution in [-0.2, 0) is 9.53 Å². The van der Waals surface area contributed by atoms with Crippen molar-refractivity contribution in [3.8, 4) is 5.75 Å². The Morgan fingerprint density at radius 3 is 2.43 bits per heavy atom. The topological polar surface area (TPSA) is 95.1 Å². The smallest absolute Gasteiger partial charge is 0.410 e. The number of nitrogens with one attached hydrogen (secondary N) is 1. The molecule has 2 heterocycles. The van der Waals surface area contributed by atoms with E-state index in [1.807, 2.05) is 43.9 Å². The summed E-state index contributed by atoms with van der Waals surface area (Å²) in [4.78, 5) is 31.0. The lowest BCUT2D eigenvalue weighted by atomic mass is 10.0. The van der Waals surface area contributed by atoms with Crippen LogP contribution in [0.5, 0.6) is 5.75 Å². The summed E-state index contributed by atoms with van der Waals surface area (Å²) < 4.78 is 10.8. The Morgan fingerprint density at radius 1 is 1.18 bits per heavy atom. The largest absolute Gasteiger partial charge is 0.495 e. The molecule has 0 bridgehead atoms. The Hall–Kier alpha value is -2.74. The number of piperazine rings is 1. The maximum atomic E-state index is 12.2. The van der Waals surface area contributed by atoms with Crippen LogP contribution < -0.4 is 4.74 Å². The Labute approximate surface area is 164 Å². The van der Waals surface area contributed by atoms with Gasteiger partial charge in [0.2, 0.25) is 0 Å². The highest BCUT2D eigenvalue weighted by Crippen LogP contribution is 2.33. The molecule has 152 valence electrons. The minimum Gasteiger partial charge on any atom is -0.495 e. The molecule has 1 amide bonds. The van der Waals surface area contributed by atoms with Crippen LogP contribution in [0.15, 0.2) is 24.4 Å². The molecule has 0 spiro atoms. The maximum Gasteiger partial charge on any atom is 0.410 e. The van der Waals surface area contributed by atoms with Gasteiger partial charge in [0.15, 0.2) is 0 Å². The van der Waals surface area contributed by atoms with E-state index < -0.39 is 17.6 Å². The monoisotopic (exact) mass is 389 g/mol. The zero-order valence-electron chi connectivity index (χ0n) is 16.7. The van der Waals surface area contributed by atoms with Crippen LogP contribution in [0.1, 0.15) is 32.4 Å². The number of para-hydroxylation sites is 1. The Bertz CT molecular complexity index is 862. The SMILES string of the molecule is COc1cccc2c(C(C(=O)O)N3CCN(C(=O)OC(C)(C)C)CC3)c[nH]c12. The van der Waals surface area contributed by atoms with Gasteiger partial charge in [-0.05, 0) is 26.8 Å². The third kappa shape index (κ3) is 4.06. The standard InChI is InChI=1S/C20H27N3O5/c1-20(2,3)28-19(26)23-10-8-22(9-11-23)17(18(24)25)14-12-21-16-13(14)6-5-7-15(16)27-4/h5-7,12,17,21H,8-11H2,1-4H3,(H,24,25). The lowest BCUT2D eigenvalue weighted by Crippen LogP contribution is -2.51. The number of rotatable bonds is 4. The molecule has 1 fully saturated rings. The van der Waals surface area contributed by atoms with E-state index in [1.165, 1.54) is 0 Å². The van der Waals surface area contributed by atoms with E-state index in [4.69, 9.17) is 9.47 Å². The molecule has 8 nitrogen and oxygen atoms in total. The lowest BCUT2D eigenvalue weighted by Gasteiger charge is -2.38. The first-order chi connectivity index (χ1) is 13.2. The van der Waals surface area contributed by atoms with E-state index in [2.05, 4.69) is 4.98 Å². The van der Waals surface area contributed by atoms with Gasteiger partial charge in [-0.15, -0.1) is 0 Å². The summed E-state index contributed by atoms with van der Waals surface area (Å²) in [5.74, 6) is -0.253. The molecule has 2 aromatic rings. The average Bonchev–Trinajstić information content (AvgIpc) is 3.04. The summed E-state index contributed by atoms with van der Waals surface area (Å²) in [6.07, 6.45) is 1.36. The minimum atomic E-state index is -0.922. The number of aromatic nitrogens is 1. The van der Waals surface area contributed by atoms with Gasteiger partial charge in [0.1, 0.15) is 17.4 Å². The second-order valence-corrected chi connectivity index (χ2v) is 7.87. The summed E-state index contributed by atoms with van der Waals surface area (Å²) in [5.41, 5.74) is 0.909. The number of fused-ring (bicyclic) bond motifs is 1. The number of benzene rings is 1. The molecule has 1 saturated heterocycles. The summed E-state index contributed by atoms with van der Waals surface area (Å²) in [7, 11) is 1.58. The van der Waals surface area contributed by atoms with Crippen molar-refractivity contribution in [3.05, 3.63) is 30.0 Å². The highest BCUT2D eigenvalue weighted by Gasteiger charge is 2.34. The van der Waals surface area contributed by atoms with Gasteiger partial charge in [0.25, 0.3) is 0 Å². The van der Waals surface area contributed by atoms with E-state index in [0.29, 0.717) is 37.5 Å². The van der Waals surface area contributed by atoms with Crippen LogP contribution >= 0.6 is 0 Å². The second kappa shape index (κ2) is 7.71. The number of nitrogens with zero attached hydrogens (tertiary/aromatic N) is 2. The van der Waals surface area contributed by atoms with Gasteiger partial charge in [0.05, 0.1) is 12.6 Å². The third-order valence-corrected chi connectivity index (χ3v) is 4.79. The molecule has 0 radical (unpaired) electrons. The number of H-pyrrole nitrogens is 1. The van der Waals surface area contributed by atoms with Gasteiger partial charge >= 0.3 is 12.1 Å². The van der Waals surface area contributed by atoms with Crippen molar-refractivity contribution in [3.63, 3.8) is 0 Å². The molecule has 1 atom stereocenters. The number of amides is 1. The highest BCUT2D eigenvalue weighted by molar-refractivity contribution is 5.92. The van der Waals surface area contributed by atoms with E-state index >= 15 is 0 Å². The van der Waals surface area contributed by atoms with Crippen LogP contribution in [0.25, 0.3) is 10.9 Å². The minimum absolute atomic E-state index is 0.365. The van der Waals surface area contributed by atoms with E-state index in [-0.39, 0.29) is 6.09 Å². The molecule has 2 N–H and O–H groups in total. The lowest BCUT2D eigenvalue weighted by molar-refractivity contribution is -0.144. The third-order valence-electron chi connectivity index (χ3n) is 4.79. The number of hydrogen-bond acceptors (Lipinski definition) is 5. The number of carboxylic acids is 1. The number of aromatic amines is 1. The molecular weight excluding hydrogens is 362 g/mol. The van der Waals surface area contributed by atoms with Crippen LogP contribution in [0.2, 0.25) is 0 Å². The fourth-order valence-electron chi connectivity index (χ4n) is 3.52. The predicted octanol–water partition coefficient (Wildman–Crippen LogP) is 2.85. The van der Waals surface area contributed by atoms with Crippen molar-refractivity contribution < 1.29 is 24.2 Å². The fraction of sp³-hybridized carbons (Fsp3) is 0.500. The zero-order valence-corrected chi connectivity index (χ0v) is 16.7. The van der Waals surface area contributed by atoms with Crippen LogP contribution in [-0.4, -0.2) is 70.8 Å². The summed E-state index contributed by atoms with van der Waals surface area (Å²) in [6.45, 7) is 7.22. The maximum absolute atomic E-state index is 12.2. The molecule has 1 unspecified atom stereocenters. The highest BCUT2D eigenvalue weighted by atomic mass is 16.6. The van der Waals surface area contributed by atoms with Crippen molar-refractivity contribution in [2.75, 3.05) is 33.3 Å². The Kier molecular flexibility index (Phi) is 5.51. The number of carboxylic acid groups (broad SMARTS) is 1. The number of carbonyl (C=O) groups excluding carboxylic acids is 1. The molecule has 1 aromatic carbocycles. The van der Waals surface area contributed by atoms with E-state index in [9.17, 15) is 14.7 Å². The predicted molar refractivity (Wildman–Crippen MR) is 105 cm³/mol. The van der Waals surface area contributed by atoms with Gasteiger partial charge < -0.3 is 24.5 Å². The molecule has 8 heteroatoms. The number of carbonyl (C=O) groups is 2. The van der Waals surface area contributed by atoms with Crippen LogP contribution in [0.3, 0.4) is 0 Å². The van der Waals surface area contributed by atoms with Gasteiger partial charge in [-0.3, -0.25) is 9.69 Å². The first-order valence-corrected chi connectivity index (χ1v) is 9.30. The number of hydrogen-bond donors (Lipinski definition) is 2. The molecule has 1 aliphatic heterocycles. The first-order valence-electron chi connectivity index (χ1n) is 9.30. The second-order valence-electron chi connectivity index (χ2n) is 7.87. The molecule has 0 saturated carbocycles. The summed E-state index contributed by atoms with van der Waals surface area (Å²) in [5, 5.41) is 10.7. The Balaban J connectivity index is 1.78. The number of ether oxygens (including phenoxy) is 2. The first kappa shape index (κ1) is 20.0. The Morgan fingerprint density at radius 2 is 1.86 bits per heavy atom. The molecule has 1 aromatic heterocycles. The van der Waals surface area contributed by atoms with Gasteiger partial charge in [-0.2, -0.15) is 0 Å². The zero-order chi connectivity index (χ0) is 20.5. The fourth-order valence-corrected chi connectivity index (χ4v) is 3.52. The molecule has 1 aliphatic rings. The average molecular weight is 389 g/mol. The summed E-state index contributed by atoms with van der Waals surface area (Å²) in [6, 6.07) is 4.76. The number of aliphatic carboxylic acids is 1. The number of methoxy groups -OCH3 is 1. The van der Waals surface area contributed by atoms with Gasteiger partial charge in [-0.25, -0.2) is 4.79 Å². The quantitative estimate of drug-likeness (QED) is 0.835. The van der Waals surface area contributed by atoms with Gasteiger partial charge in [0, 0.05) is 43.3 Å². The van der Waals surface area contributed by atoms with Crippen molar-refractivity contribution in [2.45, 2.75) is 32.4 Å². The van der Waals surface area contributed by atoms with Crippen molar-refractivity contribution in [2.24, 2.45) is 0 Å². The molecule has 28 heavy (non-hydrogen) atoms. The van der Waals surface area contributed by atoms with Crippen LogP contribution in [0.4, 0.5) is 4.79 Å². The van der Waals surface area contributed by atoms with E-state index in [1.54, 1.807) is 18.2 Å². The summed E-state index contributed by atoms with van der Waals surface area (Å²) >= 11 is 0. The van der Waals surface area contributed by atoms with Crippen LogP contribution in [0, 0.1) is 0 Å². The molecule has 3 rings (SSSR count). The van der Waals surface area contributed by atoms with Crippen molar-refractivity contribution >= 4 is 23.0 Å². The van der Waals surface area contributed by atoms with Gasteiger partial charge in [-0.1, -0.05) is 12.1 Å². The normalized spacial score (nSPS) is 16.8.